The van der Waals surface area contributed by atoms with Crippen LogP contribution in [0.4, 0.5) is 10.1 Å². The summed E-state index contributed by atoms with van der Waals surface area (Å²) in [6.07, 6.45) is 1.17. The van der Waals surface area contributed by atoms with Crippen molar-refractivity contribution in [2.75, 3.05) is 18.9 Å². The van der Waals surface area contributed by atoms with Gasteiger partial charge in [-0.3, -0.25) is 9.59 Å². The second-order valence-electron chi connectivity index (χ2n) is 5.01. The highest BCUT2D eigenvalue weighted by Crippen LogP contribution is 2.22. The number of hydrogen-bond acceptors (Lipinski definition) is 3. The lowest BCUT2D eigenvalue weighted by atomic mass is 10.1. The molecule has 0 saturated carbocycles. The summed E-state index contributed by atoms with van der Waals surface area (Å²) in [5.74, 6) is -0.00644. The van der Waals surface area contributed by atoms with Gasteiger partial charge >= 0.3 is 0 Å². The molecular weight excluding hydrogens is 247 g/mol. The number of carbonyl (C=O) groups is 2. The van der Waals surface area contributed by atoms with Gasteiger partial charge in [0.25, 0.3) is 0 Å². The summed E-state index contributed by atoms with van der Waals surface area (Å²) in [6.45, 7) is 3.51. The molecular formula is C14H19FN2O2. The molecule has 2 N–H and O–H groups in total. The molecule has 4 nitrogen and oxygen atoms in total. The number of alkyl halides is 1. The van der Waals surface area contributed by atoms with Crippen LogP contribution in [0.2, 0.25) is 0 Å². The summed E-state index contributed by atoms with van der Waals surface area (Å²) < 4.78 is 12.3. The van der Waals surface area contributed by atoms with Gasteiger partial charge in [0, 0.05) is 17.8 Å². The van der Waals surface area contributed by atoms with Crippen molar-refractivity contribution < 1.29 is 14.0 Å². The van der Waals surface area contributed by atoms with Crippen LogP contribution in [0.1, 0.15) is 29.8 Å². The van der Waals surface area contributed by atoms with E-state index < -0.39 is 5.67 Å². The third-order valence-electron chi connectivity index (χ3n) is 2.49. The molecule has 1 aromatic rings. The van der Waals surface area contributed by atoms with Crippen LogP contribution in [-0.4, -0.2) is 31.5 Å². The SMILES string of the molecule is CNCC(C)(C)F.O=Cc1ccc2c(c1)CC(=O)N2. The quantitative estimate of drug-likeness (QED) is 0.822. The molecule has 1 amide bonds. The second-order valence-corrected chi connectivity index (χ2v) is 5.01. The van der Waals surface area contributed by atoms with E-state index in [2.05, 4.69) is 10.6 Å². The van der Waals surface area contributed by atoms with Crippen molar-refractivity contribution in [3.05, 3.63) is 29.3 Å². The minimum absolute atomic E-state index is 0.00644. The molecule has 0 bridgehead atoms. The van der Waals surface area contributed by atoms with Gasteiger partial charge < -0.3 is 10.6 Å². The maximum Gasteiger partial charge on any atom is 0.228 e. The molecule has 2 rings (SSSR count). The molecule has 0 fully saturated rings. The Morgan fingerprint density at radius 1 is 1.47 bits per heavy atom. The Labute approximate surface area is 112 Å². The van der Waals surface area contributed by atoms with E-state index in [9.17, 15) is 14.0 Å². The Morgan fingerprint density at radius 3 is 2.63 bits per heavy atom. The highest BCUT2D eigenvalue weighted by molar-refractivity contribution is 5.99. The summed E-state index contributed by atoms with van der Waals surface area (Å²) in [5, 5.41) is 5.43. The smallest absolute Gasteiger partial charge is 0.228 e. The number of carbonyl (C=O) groups excluding carboxylic acids is 2. The van der Waals surface area contributed by atoms with E-state index in [0.29, 0.717) is 18.5 Å². The van der Waals surface area contributed by atoms with Gasteiger partial charge in [-0.05, 0) is 44.7 Å². The van der Waals surface area contributed by atoms with Gasteiger partial charge in [-0.2, -0.15) is 0 Å². The Hall–Kier alpha value is -1.75. The molecule has 0 spiro atoms. The number of halogens is 1. The van der Waals surface area contributed by atoms with Crippen LogP contribution >= 0.6 is 0 Å². The maximum atomic E-state index is 12.3. The van der Waals surface area contributed by atoms with Crippen molar-refractivity contribution in [3.8, 4) is 0 Å². The van der Waals surface area contributed by atoms with E-state index in [1.165, 1.54) is 0 Å². The van der Waals surface area contributed by atoms with E-state index in [0.717, 1.165) is 17.5 Å². The third-order valence-corrected chi connectivity index (χ3v) is 2.49. The van der Waals surface area contributed by atoms with Crippen molar-refractivity contribution in [3.63, 3.8) is 0 Å². The van der Waals surface area contributed by atoms with Crippen LogP contribution in [0.5, 0.6) is 0 Å². The zero-order valence-electron chi connectivity index (χ0n) is 11.4. The molecule has 0 saturated heterocycles. The molecule has 104 valence electrons. The predicted octanol–water partition coefficient (Wildman–Crippen LogP) is 1.95. The third kappa shape index (κ3) is 5.18. The Bertz CT molecular complexity index is 467. The number of fused-ring (bicyclic) bond motifs is 1. The summed E-state index contributed by atoms with van der Waals surface area (Å²) >= 11 is 0. The first-order valence-electron chi connectivity index (χ1n) is 6.07. The summed E-state index contributed by atoms with van der Waals surface area (Å²) in [7, 11) is 1.74. The van der Waals surface area contributed by atoms with Crippen LogP contribution < -0.4 is 10.6 Å². The molecule has 0 atom stereocenters. The minimum atomic E-state index is -1.06. The molecule has 0 aliphatic carbocycles. The van der Waals surface area contributed by atoms with Crippen LogP contribution in [-0.2, 0) is 11.2 Å². The zero-order valence-corrected chi connectivity index (χ0v) is 11.4. The summed E-state index contributed by atoms with van der Waals surface area (Å²) in [6, 6.07) is 5.18. The fraction of sp³-hybridized carbons (Fsp3) is 0.429. The molecule has 0 unspecified atom stereocenters. The van der Waals surface area contributed by atoms with Crippen molar-refractivity contribution in [1.82, 2.24) is 5.32 Å². The zero-order chi connectivity index (χ0) is 14.5. The summed E-state index contributed by atoms with van der Waals surface area (Å²) in [5.41, 5.74) is 1.29. The highest BCUT2D eigenvalue weighted by Gasteiger charge is 2.16. The molecule has 0 aromatic heterocycles. The van der Waals surface area contributed by atoms with E-state index in [4.69, 9.17) is 0 Å². The van der Waals surface area contributed by atoms with Crippen LogP contribution in [0.15, 0.2) is 18.2 Å². The second kappa shape index (κ2) is 6.43. The first kappa shape index (κ1) is 15.3. The van der Waals surface area contributed by atoms with Gasteiger partial charge in [0.05, 0.1) is 6.42 Å². The lowest BCUT2D eigenvalue weighted by Crippen LogP contribution is -2.27. The topological polar surface area (TPSA) is 58.2 Å². The van der Waals surface area contributed by atoms with Gasteiger partial charge in [0.1, 0.15) is 12.0 Å². The minimum Gasteiger partial charge on any atom is -0.326 e. The van der Waals surface area contributed by atoms with Gasteiger partial charge in [0.2, 0.25) is 5.91 Å². The van der Waals surface area contributed by atoms with Gasteiger partial charge in [-0.15, -0.1) is 0 Å². The van der Waals surface area contributed by atoms with E-state index >= 15 is 0 Å². The Balaban J connectivity index is 0.000000224. The van der Waals surface area contributed by atoms with Gasteiger partial charge in [0.15, 0.2) is 0 Å². The normalized spacial score (nSPS) is 13.2. The van der Waals surface area contributed by atoms with Crippen molar-refractivity contribution in [2.45, 2.75) is 25.9 Å². The van der Waals surface area contributed by atoms with E-state index in [1.54, 1.807) is 39.1 Å². The standard InChI is InChI=1S/C9H7NO2.C5H12FN/c11-5-6-1-2-8-7(3-6)4-9(12)10-8;1-5(2,6)4-7-3/h1-3,5H,4H2,(H,10,12);7H,4H2,1-3H3. The Kier molecular flexibility index (Phi) is 5.18. The first-order chi connectivity index (χ1) is 8.85. The fourth-order valence-corrected chi connectivity index (χ4v) is 1.74. The molecule has 19 heavy (non-hydrogen) atoms. The molecule has 1 heterocycles. The number of nitrogens with one attached hydrogen (secondary N) is 2. The van der Waals surface area contributed by atoms with Crippen molar-refractivity contribution >= 4 is 17.9 Å². The maximum absolute atomic E-state index is 12.3. The highest BCUT2D eigenvalue weighted by atomic mass is 19.1. The predicted molar refractivity (Wildman–Crippen MR) is 73.3 cm³/mol. The fourth-order valence-electron chi connectivity index (χ4n) is 1.74. The van der Waals surface area contributed by atoms with Gasteiger partial charge in [-0.25, -0.2) is 4.39 Å². The number of anilines is 1. The first-order valence-corrected chi connectivity index (χ1v) is 6.07. The monoisotopic (exact) mass is 266 g/mol. The number of amides is 1. The van der Waals surface area contributed by atoms with Crippen LogP contribution in [0, 0.1) is 0 Å². The average molecular weight is 266 g/mol. The van der Waals surface area contributed by atoms with E-state index in [1.807, 2.05) is 0 Å². The Morgan fingerprint density at radius 2 is 2.16 bits per heavy atom. The molecule has 1 aliphatic rings. The average Bonchev–Trinajstić information content (AvgIpc) is 2.67. The number of rotatable bonds is 3. The van der Waals surface area contributed by atoms with Gasteiger partial charge in [-0.1, -0.05) is 0 Å². The number of aldehydes is 1. The van der Waals surface area contributed by atoms with Crippen molar-refractivity contribution in [2.24, 2.45) is 0 Å². The lowest BCUT2D eigenvalue weighted by molar-refractivity contribution is -0.115. The van der Waals surface area contributed by atoms with Crippen LogP contribution in [0.25, 0.3) is 0 Å². The van der Waals surface area contributed by atoms with Crippen LogP contribution in [0.3, 0.4) is 0 Å². The lowest BCUT2D eigenvalue weighted by Gasteiger charge is -2.11. The molecule has 1 aromatic carbocycles. The molecule has 5 heteroatoms. The summed E-state index contributed by atoms with van der Waals surface area (Å²) in [4.78, 5) is 21.3. The number of hydrogen-bond donors (Lipinski definition) is 2. The van der Waals surface area contributed by atoms with E-state index in [-0.39, 0.29) is 5.91 Å². The van der Waals surface area contributed by atoms with Crippen molar-refractivity contribution in [1.29, 1.82) is 0 Å². The molecule has 0 radical (unpaired) electrons. The molecule has 1 aliphatic heterocycles. The largest absolute Gasteiger partial charge is 0.326 e. The number of benzene rings is 1.